The lowest BCUT2D eigenvalue weighted by Gasteiger charge is -2.31. The van der Waals surface area contributed by atoms with Gasteiger partial charge in [0.05, 0.1) is 5.92 Å². The summed E-state index contributed by atoms with van der Waals surface area (Å²) in [6.45, 7) is 5.15. The van der Waals surface area contributed by atoms with Crippen LogP contribution in [0.5, 0.6) is 5.75 Å². The third-order valence-electron chi connectivity index (χ3n) is 4.29. The van der Waals surface area contributed by atoms with E-state index in [-0.39, 0.29) is 11.8 Å². The molecule has 114 valence electrons. The van der Waals surface area contributed by atoms with E-state index in [9.17, 15) is 4.79 Å². The molecular formula is C16H23N3O2. The summed E-state index contributed by atoms with van der Waals surface area (Å²) in [7, 11) is 0. The van der Waals surface area contributed by atoms with Gasteiger partial charge in [0.15, 0.2) is 0 Å². The first kappa shape index (κ1) is 14.4. The SMILES string of the molecule is NC(=O)C1CCCN(Cc2ccc3c(c2)CNCCO3)C1. The zero-order valence-corrected chi connectivity index (χ0v) is 12.3. The fourth-order valence-electron chi connectivity index (χ4n) is 3.16. The first-order valence-corrected chi connectivity index (χ1v) is 7.69. The van der Waals surface area contributed by atoms with Crippen LogP contribution >= 0.6 is 0 Å². The van der Waals surface area contributed by atoms with Gasteiger partial charge in [-0.3, -0.25) is 9.69 Å². The Balaban J connectivity index is 1.67. The number of likely N-dealkylation sites (tertiary alicyclic amines) is 1. The minimum atomic E-state index is -0.167. The van der Waals surface area contributed by atoms with Gasteiger partial charge in [-0.1, -0.05) is 6.07 Å². The standard InChI is InChI=1S/C16H23N3O2/c17-16(20)13-2-1-6-19(11-13)10-12-3-4-15-14(8-12)9-18-5-7-21-15/h3-4,8,13,18H,1-2,5-7,9-11H2,(H2,17,20). The van der Waals surface area contributed by atoms with Gasteiger partial charge in [0.1, 0.15) is 12.4 Å². The summed E-state index contributed by atoms with van der Waals surface area (Å²) in [4.78, 5) is 13.7. The fourth-order valence-corrected chi connectivity index (χ4v) is 3.16. The Morgan fingerprint density at radius 3 is 3.24 bits per heavy atom. The van der Waals surface area contributed by atoms with E-state index in [0.717, 1.165) is 57.9 Å². The summed E-state index contributed by atoms with van der Waals surface area (Å²) in [6, 6.07) is 6.40. The zero-order chi connectivity index (χ0) is 14.7. The molecule has 5 heteroatoms. The number of primary amides is 1. The number of carbonyl (C=O) groups excluding carboxylic acids is 1. The van der Waals surface area contributed by atoms with E-state index in [1.165, 1.54) is 11.1 Å². The molecule has 1 aromatic rings. The average Bonchev–Trinajstić information content (AvgIpc) is 2.72. The number of nitrogens with two attached hydrogens (primary N) is 1. The lowest BCUT2D eigenvalue weighted by atomic mass is 9.97. The molecule has 0 aromatic heterocycles. The van der Waals surface area contributed by atoms with Crippen LogP contribution in [0.15, 0.2) is 18.2 Å². The van der Waals surface area contributed by atoms with Crippen LogP contribution in [-0.4, -0.2) is 37.0 Å². The van der Waals surface area contributed by atoms with Crippen LogP contribution in [0.1, 0.15) is 24.0 Å². The normalized spacial score (nSPS) is 23.0. The van der Waals surface area contributed by atoms with Gasteiger partial charge in [-0.25, -0.2) is 0 Å². The van der Waals surface area contributed by atoms with Crippen LogP contribution in [0.2, 0.25) is 0 Å². The monoisotopic (exact) mass is 289 g/mol. The quantitative estimate of drug-likeness (QED) is 0.866. The Hall–Kier alpha value is -1.59. The molecule has 1 fully saturated rings. The van der Waals surface area contributed by atoms with Gasteiger partial charge in [0, 0.05) is 31.7 Å². The first-order valence-electron chi connectivity index (χ1n) is 7.69. The van der Waals surface area contributed by atoms with Crippen LogP contribution in [0.3, 0.4) is 0 Å². The van der Waals surface area contributed by atoms with Crippen molar-refractivity contribution >= 4 is 5.91 Å². The number of piperidine rings is 1. The lowest BCUT2D eigenvalue weighted by molar-refractivity contribution is -0.123. The number of amides is 1. The Morgan fingerprint density at radius 2 is 2.38 bits per heavy atom. The number of hydrogen-bond donors (Lipinski definition) is 2. The largest absolute Gasteiger partial charge is 0.492 e. The number of rotatable bonds is 3. The van der Waals surface area contributed by atoms with Crippen LogP contribution in [0.4, 0.5) is 0 Å². The van der Waals surface area contributed by atoms with Crippen LogP contribution in [0.25, 0.3) is 0 Å². The van der Waals surface area contributed by atoms with Gasteiger partial charge >= 0.3 is 0 Å². The molecule has 1 aromatic carbocycles. The molecule has 1 saturated heterocycles. The van der Waals surface area contributed by atoms with Gasteiger partial charge in [-0.2, -0.15) is 0 Å². The molecule has 1 amide bonds. The molecule has 1 atom stereocenters. The topological polar surface area (TPSA) is 67.6 Å². The van der Waals surface area contributed by atoms with Crippen molar-refractivity contribution in [2.45, 2.75) is 25.9 Å². The molecule has 0 radical (unpaired) electrons. The third kappa shape index (κ3) is 3.54. The second-order valence-corrected chi connectivity index (χ2v) is 5.94. The maximum absolute atomic E-state index is 11.4. The number of ether oxygens (including phenoxy) is 1. The van der Waals surface area contributed by atoms with Crippen molar-refractivity contribution in [3.05, 3.63) is 29.3 Å². The predicted molar refractivity (Wildman–Crippen MR) is 80.8 cm³/mol. The Kier molecular flexibility index (Phi) is 4.41. The van der Waals surface area contributed by atoms with Crippen LogP contribution < -0.4 is 15.8 Å². The molecule has 0 aliphatic carbocycles. The van der Waals surface area contributed by atoms with E-state index in [0.29, 0.717) is 0 Å². The molecule has 0 bridgehead atoms. The van der Waals surface area contributed by atoms with Gasteiger partial charge in [-0.05, 0) is 37.1 Å². The number of nitrogens with one attached hydrogen (secondary N) is 1. The van der Waals surface area contributed by atoms with E-state index in [1.54, 1.807) is 0 Å². The summed E-state index contributed by atoms with van der Waals surface area (Å²) >= 11 is 0. The molecule has 3 rings (SSSR count). The van der Waals surface area contributed by atoms with Crippen LogP contribution in [0, 0.1) is 5.92 Å². The Labute approximate surface area is 125 Å². The van der Waals surface area contributed by atoms with Crippen molar-refractivity contribution in [3.8, 4) is 5.75 Å². The second-order valence-electron chi connectivity index (χ2n) is 5.94. The molecule has 0 spiro atoms. The van der Waals surface area contributed by atoms with Crippen molar-refractivity contribution in [1.29, 1.82) is 0 Å². The molecule has 3 N–H and O–H groups in total. The zero-order valence-electron chi connectivity index (χ0n) is 12.3. The van der Waals surface area contributed by atoms with E-state index >= 15 is 0 Å². The molecule has 5 nitrogen and oxygen atoms in total. The maximum atomic E-state index is 11.4. The number of carbonyl (C=O) groups is 1. The van der Waals surface area contributed by atoms with Crippen molar-refractivity contribution in [1.82, 2.24) is 10.2 Å². The number of fused-ring (bicyclic) bond motifs is 1. The number of nitrogens with zero attached hydrogens (tertiary/aromatic N) is 1. The number of hydrogen-bond acceptors (Lipinski definition) is 4. The van der Waals surface area contributed by atoms with Gasteiger partial charge in [-0.15, -0.1) is 0 Å². The predicted octanol–water partition coefficient (Wildman–Crippen LogP) is 0.866. The molecule has 21 heavy (non-hydrogen) atoms. The van der Waals surface area contributed by atoms with Crippen molar-refractivity contribution in [3.63, 3.8) is 0 Å². The van der Waals surface area contributed by atoms with Crippen molar-refractivity contribution in [2.24, 2.45) is 11.7 Å². The minimum absolute atomic E-state index is 0.00424. The Morgan fingerprint density at radius 1 is 1.48 bits per heavy atom. The molecule has 1 unspecified atom stereocenters. The van der Waals surface area contributed by atoms with Gasteiger partial charge < -0.3 is 15.8 Å². The fraction of sp³-hybridized carbons (Fsp3) is 0.562. The van der Waals surface area contributed by atoms with E-state index in [1.807, 2.05) is 0 Å². The molecule has 2 aliphatic heterocycles. The smallest absolute Gasteiger partial charge is 0.221 e. The lowest BCUT2D eigenvalue weighted by Crippen LogP contribution is -2.40. The summed E-state index contributed by atoms with van der Waals surface area (Å²) in [5, 5.41) is 3.36. The van der Waals surface area contributed by atoms with Gasteiger partial charge in [0.25, 0.3) is 0 Å². The first-order chi connectivity index (χ1) is 10.2. The van der Waals surface area contributed by atoms with Crippen molar-refractivity contribution < 1.29 is 9.53 Å². The number of benzene rings is 1. The van der Waals surface area contributed by atoms with Gasteiger partial charge in [0.2, 0.25) is 5.91 Å². The molecule has 2 heterocycles. The molecule has 2 aliphatic rings. The van der Waals surface area contributed by atoms with E-state index in [2.05, 4.69) is 28.4 Å². The summed E-state index contributed by atoms with van der Waals surface area (Å²) < 4.78 is 5.70. The summed E-state index contributed by atoms with van der Waals surface area (Å²) in [5.41, 5.74) is 7.93. The highest BCUT2D eigenvalue weighted by Gasteiger charge is 2.24. The molecule has 0 saturated carbocycles. The second kappa shape index (κ2) is 6.45. The maximum Gasteiger partial charge on any atom is 0.221 e. The van der Waals surface area contributed by atoms with Crippen molar-refractivity contribution in [2.75, 3.05) is 26.2 Å². The molecular weight excluding hydrogens is 266 g/mol. The average molecular weight is 289 g/mol. The summed E-state index contributed by atoms with van der Waals surface area (Å²) in [6.07, 6.45) is 1.97. The third-order valence-corrected chi connectivity index (χ3v) is 4.29. The van der Waals surface area contributed by atoms with E-state index < -0.39 is 0 Å². The minimum Gasteiger partial charge on any atom is -0.492 e. The Bertz CT molecular complexity index is 518. The highest BCUT2D eigenvalue weighted by atomic mass is 16.5. The van der Waals surface area contributed by atoms with E-state index in [4.69, 9.17) is 10.5 Å². The highest BCUT2D eigenvalue weighted by molar-refractivity contribution is 5.76. The summed E-state index contributed by atoms with van der Waals surface area (Å²) in [5.74, 6) is 0.821. The van der Waals surface area contributed by atoms with Crippen LogP contribution in [-0.2, 0) is 17.9 Å². The highest BCUT2D eigenvalue weighted by Crippen LogP contribution is 2.24.